The number of aliphatic hydroxyl groups is 1. The van der Waals surface area contributed by atoms with Crippen LogP contribution < -0.4 is 9.80 Å². The van der Waals surface area contributed by atoms with E-state index in [0.29, 0.717) is 12.2 Å². The molecule has 1 aliphatic carbocycles. The van der Waals surface area contributed by atoms with Crippen molar-refractivity contribution in [3.8, 4) is 12.3 Å². The normalized spacial score (nSPS) is 28.1. The van der Waals surface area contributed by atoms with Gasteiger partial charge in [0.1, 0.15) is 5.82 Å². The average molecular weight is 441 g/mol. The minimum Gasteiger partial charge on any atom is -0.465 e. The molecule has 2 amide bonds. The Morgan fingerprint density at radius 2 is 2.06 bits per heavy atom. The summed E-state index contributed by atoms with van der Waals surface area (Å²) < 4.78 is 0. The Bertz CT molecular complexity index is 921. The molecule has 8 nitrogen and oxygen atoms in total. The molecular formula is C24H32N4O4. The van der Waals surface area contributed by atoms with Gasteiger partial charge in [-0.05, 0) is 63.5 Å². The van der Waals surface area contributed by atoms with Crippen LogP contribution >= 0.6 is 0 Å². The van der Waals surface area contributed by atoms with Gasteiger partial charge in [-0.3, -0.25) is 9.69 Å². The zero-order chi connectivity index (χ0) is 22.9. The van der Waals surface area contributed by atoms with Crippen molar-refractivity contribution in [2.75, 3.05) is 36.0 Å². The van der Waals surface area contributed by atoms with Crippen LogP contribution in [0.15, 0.2) is 12.3 Å². The number of aliphatic hydroxyl groups excluding tert-OH is 1. The van der Waals surface area contributed by atoms with Crippen molar-refractivity contribution in [1.29, 1.82) is 0 Å². The molecule has 3 heterocycles. The topological polar surface area (TPSA) is 97.2 Å². The van der Waals surface area contributed by atoms with Crippen molar-refractivity contribution < 1.29 is 19.8 Å². The number of hydrogen-bond acceptors (Lipinski definition) is 5. The summed E-state index contributed by atoms with van der Waals surface area (Å²) in [5.74, 6) is 3.39. The lowest BCUT2D eigenvalue weighted by Crippen LogP contribution is -2.50. The molecular weight excluding hydrogens is 408 g/mol. The van der Waals surface area contributed by atoms with Gasteiger partial charge < -0.3 is 20.0 Å². The second-order valence-corrected chi connectivity index (χ2v) is 9.42. The maximum absolute atomic E-state index is 13.5. The van der Waals surface area contributed by atoms with Gasteiger partial charge in [0.15, 0.2) is 0 Å². The molecule has 3 aliphatic rings. The summed E-state index contributed by atoms with van der Waals surface area (Å²) >= 11 is 0. The molecule has 0 aromatic carbocycles. The fourth-order valence-electron chi connectivity index (χ4n) is 5.61. The molecule has 8 heteroatoms. The van der Waals surface area contributed by atoms with Crippen LogP contribution in [0.1, 0.15) is 50.5 Å². The molecule has 4 rings (SSSR count). The number of aryl methyl sites for hydroxylation is 1. The van der Waals surface area contributed by atoms with E-state index in [1.165, 1.54) is 0 Å². The highest BCUT2D eigenvalue weighted by Gasteiger charge is 2.50. The number of terminal acetylenes is 1. The maximum Gasteiger partial charge on any atom is 0.412 e. The third-order valence-corrected chi connectivity index (χ3v) is 7.39. The van der Waals surface area contributed by atoms with Crippen LogP contribution in [0, 0.1) is 24.7 Å². The minimum atomic E-state index is -1.11. The van der Waals surface area contributed by atoms with Crippen LogP contribution in [0.3, 0.4) is 0 Å². The molecule has 0 radical (unpaired) electrons. The largest absolute Gasteiger partial charge is 0.465 e. The van der Waals surface area contributed by atoms with Gasteiger partial charge in [-0.1, -0.05) is 5.92 Å². The maximum atomic E-state index is 13.5. The predicted molar refractivity (Wildman–Crippen MR) is 122 cm³/mol. The minimum absolute atomic E-state index is 0.0352. The van der Waals surface area contributed by atoms with Crippen LogP contribution in [-0.4, -0.2) is 70.4 Å². The first-order valence-corrected chi connectivity index (χ1v) is 11.5. The number of nitrogens with zero attached hydrogens (tertiary/aromatic N) is 4. The van der Waals surface area contributed by atoms with Gasteiger partial charge in [-0.15, -0.1) is 6.42 Å². The average Bonchev–Trinajstić information content (AvgIpc) is 3.08. The fraction of sp³-hybridized carbons (Fsp3) is 0.625. The van der Waals surface area contributed by atoms with Crippen molar-refractivity contribution >= 4 is 23.5 Å². The summed E-state index contributed by atoms with van der Waals surface area (Å²) in [4.78, 5) is 35.0. The van der Waals surface area contributed by atoms with E-state index in [0.717, 1.165) is 74.3 Å². The van der Waals surface area contributed by atoms with Crippen molar-refractivity contribution in [1.82, 2.24) is 9.88 Å². The Labute approximate surface area is 189 Å². The highest BCUT2D eigenvalue weighted by molar-refractivity contribution is 5.88. The summed E-state index contributed by atoms with van der Waals surface area (Å²) in [5, 5.41) is 19.3. The van der Waals surface area contributed by atoms with E-state index < -0.39 is 6.09 Å². The number of rotatable bonds is 4. The number of likely N-dealkylation sites (tertiary alicyclic amines) is 1. The summed E-state index contributed by atoms with van der Waals surface area (Å²) in [6, 6.07) is 2.14. The second kappa shape index (κ2) is 8.99. The highest BCUT2D eigenvalue weighted by atomic mass is 16.4. The number of carboxylic acid groups (broad SMARTS) is 1. The highest BCUT2D eigenvalue weighted by Crippen LogP contribution is 2.43. The SMILES string of the molecule is C#CCN(C(=O)O)c1cnc(N2CCCC3(CCN([C@H]4CC[C@H](O)CC4)C3=O)C2)cc1C. The number of carbonyl (C=O) groups is 2. The zero-order valence-corrected chi connectivity index (χ0v) is 18.7. The van der Waals surface area contributed by atoms with Crippen LogP contribution in [0.5, 0.6) is 0 Å². The van der Waals surface area contributed by atoms with Gasteiger partial charge in [-0.25, -0.2) is 9.78 Å². The number of hydrogen-bond donors (Lipinski definition) is 2. The molecule has 1 saturated carbocycles. The standard InChI is InChI=1S/C24H32N4O4/c1-3-11-28(23(31)32)20-15-25-21(14-17(20)2)26-12-4-9-24(16-26)10-13-27(22(24)30)18-5-7-19(29)8-6-18/h1,14-15,18-19,29H,4-13,16H2,2H3,(H,31,32)/t18-,19-,24?. The second-order valence-electron chi connectivity index (χ2n) is 9.42. The van der Waals surface area contributed by atoms with Crippen molar-refractivity contribution in [3.63, 3.8) is 0 Å². The number of aromatic nitrogens is 1. The Kier molecular flexibility index (Phi) is 6.29. The molecule has 1 aromatic heterocycles. The van der Waals surface area contributed by atoms with E-state index in [1.54, 1.807) is 6.20 Å². The zero-order valence-electron chi connectivity index (χ0n) is 18.7. The van der Waals surface area contributed by atoms with Crippen LogP contribution in [0.2, 0.25) is 0 Å². The summed E-state index contributed by atoms with van der Waals surface area (Å²) in [6.45, 7) is 4.07. The molecule has 1 spiro atoms. The Balaban J connectivity index is 1.50. The molecule has 172 valence electrons. The number of amides is 2. The Morgan fingerprint density at radius 3 is 2.72 bits per heavy atom. The van der Waals surface area contributed by atoms with Crippen molar-refractivity contribution in [2.45, 2.75) is 64.0 Å². The van der Waals surface area contributed by atoms with Gasteiger partial charge in [0, 0.05) is 25.7 Å². The first-order valence-electron chi connectivity index (χ1n) is 11.5. The summed E-state index contributed by atoms with van der Waals surface area (Å²) in [6.07, 6.45) is 11.5. The molecule has 2 N–H and O–H groups in total. The molecule has 2 saturated heterocycles. The lowest BCUT2D eigenvalue weighted by Gasteiger charge is -2.41. The molecule has 0 bridgehead atoms. The van der Waals surface area contributed by atoms with Gasteiger partial charge >= 0.3 is 6.09 Å². The number of anilines is 2. The predicted octanol–water partition coefficient (Wildman–Crippen LogP) is 2.63. The number of piperidine rings is 1. The van der Waals surface area contributed by atoms with Gasteiger partial charge in [0.2, 0.25) is 5.91 Å². The van der Waals surface area contributed by atoms with E-state index in [2.05, 4.69) is 20.7 Å². The van der Waals surface area contributed by atoms with Gasteiger partial charge in [-0.2, -0.15) is 0 Å². The van der Waals surface area contributed by atoms with E-state index in [1.807, 2.05) is 13.0 Å². The lowest BCUT2D eigenvalue weighted by atomic mass is 9.78. The molecule has 3 fully saturated rings. The molecule has 1 atom stereocenters. The quantitative estimate of drug-likeness (QED) is 0.699. The number of pyridine rings is 1. The van der Waals surface area contributed by atoms with Crippen LogP contribution in [0.4, 0.5) is 16.3 Å². The molecule has 1 unspecified atom stereocenters. The van der Waals surface area contributed by atoms with Gasteiger partial charge in [0.25, 0.3) is 0 Å². The lowest BCUT2D eigenvalue weighted by molar-refractivity contribution is -0.139. The summed E-state index contributed by atoms with van der Waals surface area (Å²) in [7, 11) is 0. The van der Waals surface area contributed by atoms with E-state index in [-0.39, 0.29) is 30.0 Å². The van der Waals surface area contributed by atoms with Crippen molar-refractivity contribution in [3.05, 3.63) is 17.8 Å². The first-order chi connectivity index (χ1) is 15.3. The Morgan fingerprint density at radius 1 is 1.31 bits per heavy atom. The monoisotopic (exact) mass is 440 g/mol. The molecule has 1 aromatic rings. The fourth-order valence-corrected chi connectivity index (χ4v) is 5.61. The van der Waals surface area contributed by atoms with E-state index in [9.17, 15) is 19.8 Å². The summed E-state index contributed by atoms with van der Waals surface area (Å²) in [5.41, 5.74) is 0.889. The van der Waals surface area contributed by atoms with Crippen LogP contribution in [-0.2, 0) is 4.79 Å². The van der Waals surface area contributed by atoms with Crippen molar-refractivity contribution in [2.24, 2.45) is 5.41 Å². The molecule has 2 aliphatic heterocycles. The third-order valence-electron chi connectivity index (χ3n) is 7.39. The Hall–Kier alpha value is -2.79. The third kappa shape index (κ3) is 4.14. The molecule has 32 heavy (non-hydrogen) atoms. The van der Waals surface area contributed by atoms with E-state index >= 15 is 0 Å². The smallest absolute Gasteiger partial charge is 0.412 e. The van der Waals surface area contributed by atoms with E-state index in [4.69, 9.17) is 6.42 Å². The van der Waals surface area contributed by atoms with Gasteiger partial charge in [0.05, 0.1) is 29.9 Å². The van der Waals surface area contributed by atoms with Crippen LogP contribution in [0.25, 0.3) is 0 Å². The number of carbonyl (C=O) groups excluding carboxylic acids is 1. The first kappa shape index (κ1) is 22.4.